The maximum Gasteiger partial charge on any atom is 0.417 e. The summed E-state index contributed by atoms with van der Waals surface area (Å²) in [5.41, 5.74) is -2.70. The summed E-state index contributed by atoms with van der Waals surface area (Å²) in [4.78, 5) is 0. The zero-order valence-corrected chi connectivity index (χ0v) is 14.2. The first kappa shape index (κ1) is 18.3. The Balaban J connectivity index is 1.92. The van der Waals surface area contributed by atoms with Crippen molar-refractivity contribution in [3.8, 4) is 11.1 Å². The second-order valence-electron chi connectivity index (χ2n) is 6.52. The van der Waals surface area contributed by atoms with Gasteiger partial charge >= 0.3 is 12.4 Å². The molecule has 142 valence electrons. The zero-order valence-electron chi connectivity index (χ0n) is 14.2. The van der Waals surface area contributed by atoms with E-state index in [-0.39, 0.29) is 17.2 Å². The van der Waals surface area contributed by atoms with Gasteiger partial charge in [0.2, 0.25) is 0 Å². The molecular weight excluding hydrogens is 378 g/mol. The second kappa shape index (κ2) is 6.26. The summed E-state index contributed by atoms with van der Waals surface area (Å²) in [6.45, 7) is 0. The van der Waals surface area contributed by atoms with Crippen LogP contribution in [-0.2, 0) is 12.4 Å². The number of rotatable bonds is 1. The van der Waals surface area contributed by atoms with Crippen LogP contribution in [0.3, 0.4) is 0 Å². The van der Waals surface area contributed by atoms with Crippen molar-refractivity contribution in [2.45, 2.75) is 12.4 Å². The lowest BCUT2D eigenvalue weighted by atomic mass is 9.94. The third-order valence-electron chi connectivity index (χ3n) is 4.67. The van der Waals surface area contributed by atoms with Gasteiger partial charge in [0, 0.05) is 0 Å². The molecule has 0 nitrogen and oxygen atoms in total. The average molecular weight is 390 g/mol. The van der Waals surface area contributed by atoms with E-state index in [1.165, 1.54) is 6.07 Å². The Labute approximate surface area is 156 Å². The largest absolute Gasteiger partial charge is 0.417 e. The van der Waals surface area contributed by atoms with E-state index < -0.39 is 23.5 Å². The third kappa shape index (κ3) is 3.30. The van der Waals surface area contributed by atoms with Gasteiger partial charge in [-0.25, -0.2) is 0 Å². The summed E-state index contributed by atoms with van der Waals surface area (Å²) in [7, 11) is 0. The van der Waals surface area contributed by atoms with Crippen LogP contribution in [0.5, 0.6) is 0 Å². The first-order valence-electron chi connectivity index (χ1n) is 8.34. The normalized spacial score (nSPS) is 12.6. The highest BCUT2D eigenvalue weighted by atomic mass is 19.4. The van der Waals surface area contributed by atoms with Crippen LogP contribution < -0.4 is 0 Å². The maximum absolute atomic E-state index is 13.5. The Morgan fingerprint density at radius 3 is 1.71 bits per heavy atom. The first-order valence-corrected chi connectivity index (χ1v) is 8.34. The van der Waals surface area contributed by atoms with Crippen molar-refractivity contribution in [3.63, 3.8) is 0 Å². The number of halogens is 6. The van der Waals surface area contributed by atoms with Crippen LogP contribution in [0, 0.1) is 0 Å². The molecule has 6 heteroatoms. The van der Waals surface area contributed by atoms with Crippen molar-refractivity contribution in [1.82, 2.24) is 0 Å². The van der Waals surface area contributed by atoms with Crippen LogP contribution in [0.15, 0.2) is 72.8 Å². The summed E-state index contributed by atoms with van der Waals surface area (Å²) in [6, 6.07) is 17.8. The van der Waals surface area contributed by atoms with Crippen molar-refractivity contribution in [1.29, 1.82) is 0 Å². The van der Waals surface area contributed by atoms with Crippen LogP contribution in [0.25, 0.3) is 32.7 Å². The van der Waals surface area contributed by atoms with Crippen molar-refractivity contribution < 1.29 is 26.3 Å². The number of alkyl halides is 6. The molecule has 0 unspecified atom stereocenters. The van der Waals surface area contributed by atoms with Gasteiger partial charge in [-0.2, -0.15) is 26.3 Å². The molecule has 0 aromatic heterocycles. The van der Waals surface area contributed by atoms with Crippen molar-refractivity contribution >= 4 is 21.5 Å². The van der Waals surface area contributed by atoms with E-state index >= 15 is 0 Å². The van der Waals surface area contributed by atoms with E-state index in [0.717, 1.165) is 22.2 Å². The van der Waals surface area contributed by atoms with Gasteiger partial charge in [-0.3, -0.25) is 0 Å². The standard InChI is InChI=1S/C22H12F6/c23-21(24,25)18-7-8-19(20(12-18)22(26,27)28)16-6-5-15-9-13-3-1-2-4-14(13)10-17(15)11-16/h1-12H. The topological polar surface area (TPSA) is 0 Å². The van der Waals surface area contributed by atoms with Gasteiger partial charge in [-0.05, 0) is 63.0 Å². The average Bonchev–Trinajstić information content (AvgIpc) is 2.64. The first-order chi connectivity index (χ1) is 13.1. The Kier molecular flexibility index (Phi) is 4.10. The van der Waals surface area contributed by atoms with Gasteiger partial charge in [-0.1, -0.05) is 42.5 Å². The molecule has 0 aliphatic carbocycles. The number of fused-ring (bicyclic) bond motifs is 2. The minimum Gasteiger partial charge on any atom is -0.166 e. The molecule has 28 heavy (non-hydrogen) atoms. The van der Waals surface area contributed by atoms with E-state index in [2.05, 4.69) is 0 Å². The minimum atomic E-state index is -4.91. The lowest BCUT2D eigenvalue weighted by Crippen LogP contribution is -2.12. The lowest BCUT2D eigenvalue weighted by molar-refractivity contribution is -0.142. The predicted molar refractivity (Wildman–Crippen MR) is 96.9 cm³/mol. The van der Waals surface area contributed by atoms with Crippen molar-refractivity contribution in [2.24, 2.45) is 0 Å². The lowest BCUT2D eigenvalue weighted by Gasteiger charge is -2.16. The van der Waals surface area contributed by atoms with E-state index in [0.29, 0.717) is 11.5 Å². The Morgan fingerprint density at radius 2 is 1.11 bits per heavy atom. The number of hydrogen-bond donors (Lipinski definition) is 0. The molecule has 0 spiro atoms. The quantitative estimate of drug-likeness (QED) is 0.231. The van der Waals surface area contributed by atoms with Gasteiger partial charge in [0.05, 0.1) is 11.1 Å². The fourth-order valence-electron chi connectivity index (χ4n) is 3.31. The molecule has 0 radical (unpaired) electrons. The molecule has 0 amide bonds. The molecule has 0 saturated heterocycles. The van der Waals surface area contributed by atoms with Gasteiger partial charge < -0.3 is 0 Å². The predicted octanol–water partition coefficient (Wildman–Crippen LogP) is 7.70. The minimum absolute atomic E-state index is 0.167. The molecule has 0 atom stereocenters. The van der Waals surface area contributed by atoms with Gasteiger partial charge in [0.15, 0.2) is 0 Å². The Morgan fingerprint density at radius 1 is 0.500 bits per heavy atom. The van der Waals surface area contributed by atoms with Crippen molar-refractivity contribution in [3.05, 3.63) is 83.9 Å². The molecule has 0 aliphatic heterocycles. The summed E-state index contributed by atoms with van der Waals surface area (Å²) >= 11 is 0. The van der Waals surface area contributed by atoms with Crippen LogP contribution in [0.2, 0.25) is 0 Å². The molecule has 0 heterocycles. The maximum atomic E-state index is 13.5. The van der Waals surface area contributed by atoms with E-state index in [4.69, 9.17) is 0 Å². The van der Waals surface area contributed by atoms with Crippen LogP contribution in [0.1, 0.15) is 11.1 Å². The summed E-state index contributed by atoms with van der Waals surface area (Å²) in [6.07, 6.45) is -9.75. The fraction of sp³-hybridized carbons (Fsp3) is 0.0909. The molecule has 0 bridgehead atoms. The SMILES string of the molecule is FC(F)(F)c1ccc(-c2ccc3cc4ccccc4cc3c2)c(C(F)(F)F)c1. The second-order valence-corrected chi connectivity index (χ2v) is 6.52. The van der Waals surface area contributed by atoms with Crippen LogP contribution in [0.4, 0.5) is 26.3 Å². The monoisotopic (exact) mass is 390 g/mol. The Bertz CT molecular complexity index is 1190. The Hall–Kier alpha value is -3.02. The molecular formula is C22H12F6. The van der Waals surface area contributed by atoms with Crippen molar-refractivity contribution in [2.75, 3.05) is 0 Å². The molecule has 0 saturated carbocycles. The van der Waals surface area contributed by atoms with E-state index in [1.54, 1.807) is 12.1 Å². The summed E-state index contributed by atoms with van der Waals surface area (Å²) in [5, 5.41) is 3.47. The highest BCUT2D eigenvalue weighted by Crippen LogP contribution is 2.41. The smallest absolute Gasteiger partial charge is 0.166 e. The molecule has 0 aliphatic rings. The molecule has 4 aromatic rings. The van der Waals surface area contributed by atoms with Crippen LogP contribution >= 0.6 is 0 Å². The van der Waals surface area contributed by atoms with E-state index in [1.807, 2.05) is 36.4 Å². The van der Waals surface area contributed by atoms with Gasteiger partial charge in [-0.15, -0.1) is 0 Å². The van der Waals surface area contributed by atoms with Crippen LogP contribution in [-0.4, -0.2) is 0 Å². The molecule has 4 aromatic carbocycles. The number of benzene rings is 4. The van der Waals surface area contributed by atoms with Gasteiger partial charge in [0.25, 0.3) is 0 Å². The fourth-order valence-corrected chi connectivity index (χ4v) is 3.31. The summed E-state index contributed by atoms with van der Waals surface area (Å²) in [5.74, 6) is 0. The molecule has 0 fully saturated rings. The van der Waals surface area contributed by atoms with Gasteiger partial charge in [0.1, 0.15) is 0 Å². The summed E-state index contributed by atoms with van der Waals surface area (Å²) < 4.78 is 79.0. The molecule has 0 N–H and O–H groups in total. The highest BCUT2D eigenvalue weighted by molar-refractivity contribution is 5.99. The molecule has 4 rings (SSSR count). The van der Waals surface area contributed by atoms with E-state index in [9.17, 15) is 26.3 Å². The third-order valence-corrected chi connectivity index (χ3v) is 4.67. The number of hydrogen-bond acceptors (Lipinski definition) is 0. The highest BCUT2D eigenvalue weighted by Gasteiger charge is 2.38. The zero-order chi connectivity index (χ0) is 20.1.